The van der Waals surface area contributed by atoms with Gasteiger partial charge in [0.25, 0.3) is 0 Å². The molecule has 0 aliphatic heterocycles. The molecular weight excluding hydrogens is 282 g/mol. The van der Waals surface area contributed by atoms with Gasteiger partial charge in [0.15, 0.2) is 0 Å². The Morgan fingerprint density at radius 1 is 1.24 bits per heavy atom. The Morgan fingerprint density at radius 2 is 1.94 bits per heavy atom. The first-order chi connectivity index (χ1) is 8.19. The Hall–Kier alpha value is -1.62. The quantitative estimate of drug-likeness (QED) is 0.943. The van der Waals surface area contributed by atoms with Gasteiger partial charge in [0.05, 0.1) is 11.6 Å². The van der Waals surface area contributed by atoms with Crippen molar-refractivity contribution in [3.63, 3.8) is 0 Å². The number of hydrogen-bond acceptors (Lipinski definition) is 4. The number of hydrogen-bond donors (Lipinski definition) is 1. The number of aryl methyl sites for hydroxylation is 1. The summed E-state index contributed by atoms with van der Waals surface area (Å²) >= 11 is 3.29. The van der Waals surface area contributed by atoms with E-state index in [9.17, 15) is 0 Å². The third-order valence-electron chi connectivity index (χ3n) is 2.30. The number of anilines is 2. The number of methoxy groups -OCH3 is 1. The molecule has 2 rings (SSSR count). The first-order valence-corrected chi connectivity index (χ1v) is 5.87. The molecule has 2 aromatic rings. The fraction of sp³-hybridized carbons (Fsp3) is 0.167. The molecule has 5 heteroatoms. The summed E-state index contributed by atoms with van der Waals surface area (Å²) in [5.74, 6) is 1.41. The van der Waals surface area contributed by atoms with Gasteiger partial charge >= 0.3 is 0 Å². The van der Waals surface area contributed by atoms with Gasteiger partial charge < -0.3 is 10.1 Å². The molecule has 1 aromatic carbocycles. The van der Waals surface area contributed by atoms with Crippen LogP contribution in [0, 0.1) is 6.92 Å². The maximum atomic E-state index is 5.15. The number of aromatic nitrogens is 2. The first kappa shape index (κ1) is 11.9. The van der Waals surface area contributed by atoms with Crippen molar-refractivity contribution in [3.05, 3.63) is 40.6 Å². The molecular formula is C12H12BrN3O. The average molecular weight is 294 g/mol. The van der Waals surface area contributed by atoms with Crippen molar-refractivity contribution in [2.75, 3.05) is 12.4 Å². The lowest BCUT2D eigenvalue weighted by molar-refractivity contribution is 0.414. The van der Waals surface area contributed by atoms with Crippen LogP contribution in [-0.2, 0) is 0 Å². The molecule has 0 aliphatic carbocycles. The Balaban J connectivity index is 2.21. The minimum atomic E-state index is 0.571. The lowest BCUT2D eigenvalue weighted by Gasteiger charge is -2.09. The van der Waals surface area contributed by atoms with Gasteiger partial charge in [0.2, 0.25) is 5.95 Å². The van der Waals surface area contributed by atoms with Gasteiger partial charge in [-0.05, 0) is 46.6 Å². The van der Waals surface area contributed by atoms with Gasteiger partial charge in [-0.2, -0.15) is 0 Å². The van der Waals surface area contributed by atoms with Gasteiger partial charge in [-0.1, -0.05) is 0 Å². The molecule has 88 valence electrons. The molecule has 0 aliphatic rings. The molecule has 17 heavy (non-hydrogen) atoms. The Bertz CT molecular complexity index is 514. The van der Waals surface area contributed by atoms with Crippen LogP contribution >= 0.6 is 15.9 Å². The predicted octanol–water partition coefficient (Wildman–Crippen LogP) is 3.30. The lowest BCUT2D eigenvalue weighted by Crippen LogP contribution is -1.98. The molecule has 0 radical (unpaired) electrons. The van der Waals surface area contributed by atoms with Crippen LogP contribution in [0.1, 0.15) is 5.56 Å². The van der Waals surface area contributed by atoms with E-state index in [1.54, 1.807) is 19.5 Å². The Kier molecular flexibility index (Phi) is 3.58. The highest BCUT2D eigenvalue weighted by molar-refractivity contribution is 9.10. The number of nitrogens with zero attached hydrogens (tertiary/aromatic N) is 2. The molecule has 1 N–H and O–H groups in total. The monoisotopic (exact) mass is 293 g/mol. The largest absolute Gasteiger partial charge is 0.497 e. The minimum Gasteiger partial charge on any atom is -0.497 e. The van der Waals surface area contributed by atoms with Crippen molar-refractivity contribution >= 4 is 27.6 Å². The zero-order valence-electron chi connectivity index (χ0n) is 9.57. The topological polar surface area (TPSA) is 47.0 Å². The van der Waals surface area contributed by atoms with Crippen molar-refractivity contribution in [2.24, 2.45) is 0 Å². The van der Waals surface area contributed by atoms with Crippen LogP contribution in [-0.4, -0.2) is 17.1 Å². The molecule has 0 atom stereocenters. The second-order valence-corrected chi connectivity index (χ2v) is 4.45. The van der Waals surface area contributed by atoms with Gasteiger partial charge in [-0.25, -0.2) is 9.97 Å². The smallest absolute Gasteiger partial charge is 0.227 e. The van der Waals surface area contributed by atoms with Crippen molar-refractivity contribution < 1.29 is 4.74 Å². The van der Waals surface area contributed by atoms with Crippen LogP contribution in [0.3, 0.4) is 0 Å². The molecule has 0 saturated heterocycles. The minimum absolute atomic E-state index is 0.571. The van der Waals surface area contributed by atoms with Crippen molar-refractivity contribution in [1.82, 2.24) is 9.97 Å². The summed E-state index contributed by atoms with van der Waals surface area (Å²) in [7, 11) is 1.65. The highest BCUT2D eigenvalue weighted by Gasteiger charge is 2.02. The maximum absolute atomic E-state index is 5.15. The maximum Gasteiger partial charge on any atom is 0.227 e. The van der Waals surface area contributed by atoms with Crippen LogP contribution in [0.25, 0.3) is 0 Å². The van der Waals surface area contributed by atoms with E-state index < -0.39 is 0 Å². The summed E-state index contributed by atoms with van der Waals surface area (Å²) in [4.78, 5) is 8.31. The normalized spacial score (nSPS) is 10.1. The number of nitrogens with one attached hydrogen (secondary N) is 1. The predicted molar refractivity (Wildman–Crippen MR) is 70.7 cm³/mol. The number of benzene rings is 1. The molecule has 0 bridgehead atoms. The van der Waals surface area contributed by atoms with E-state index in [-0.39, 0.29) is 0 Å². The Labute approximate surface area is 108 Å². The fourth-order valence-corrected chi connectivity index (χ4v) is 1.61. The van der Waals surface area contributed by atoms with Crippen LogP contribution in [0.15, 0.2) is 35.1 Å². The second-order valence-electron chi connectivity index (χ2n) is 3.53. The van der Waals surface area contributed by atoms with Gasteiger partial charge in [-0.3, -0.25) is 0 Å². The van der Waals surface area contributed by atoms with E-state index in [4.69, 9.17) is 4.74 Å². The summed E-state index contributed by atoms with van der Waals surface area (Å²) in [5.41, 5.74) is 2.05. The van der Waals surface area contributed by atoms with Crippen LogP contribution in [0.4, 0.5) is 11.6 Å². The molecule has 0 spiro atoms. The molecule has 1 aromatic heterocycles. The summed E-state index contributed by atoms with van der Waals surface area (Å²) in [6.07, 6.45) is 3.41. The third-order valence-corrected chi connectivity index (χ3v) is 2.71. The summed E-state index contributed by atoms with van der Waals surface area (Å²) in [6.45, 7) is 2.00. The van der Waals surface area contributed by atoms with Crippen molar-refractivity contribution in [3.8, 4) is 5.75 Å². The lowest BCUT2D eigenvalue weighted by atomic mass is 10.2. The van der Waals surface area contributed by atoms with Crippen molar-refractivity contribution in [2.45, 2.75) is 6.92 Å². The molecule has 4 nitrogen and oxygen atoms in total. The van der Waals surface area contributed by atoms with E-state index in [0.29, 0.717) is 5.95 Å². The number of ether oxygens (including phenoxy) is 1. The average Bonchev–Trinajstić information content (AvgIpc) is 2.34. The molecule has 0 unspecified atom stereocenters. The van der Waals surface area contributed by atoms with Crippen LogP contribution in [0.2, 0.25) is 0 Å². The van der Waals surface area contributed by atoms with Gasteiger partial charge in [-0.15, -0.1) is 0 Å². The first-order valence-electron chi connectivity index (χ1n) is 5.08. The standard InChI is InChI=1S/C12H12BrN3O/c1-8-5-10(17-2)3-4-11(8)16-12-14-6-9(13)7-15-12/h3-7H,1-2H3,(H,14,15,16). The highest BCUT2D eigenvalue weighted by atomic mass is 79.9. The van der Waals surface area contributed by atoms with E-state index in [1.807, 2.05) is 25.1 Å². The van der Waals surface area contributed by atoms with Crippen LogP contribution < -0.4 is 10.1 Å². The van der Waals surface area contributed by atoms with E-state index in [2.05, 4.69) is 31.2 Å². The zero-order valence-corrected chi connectivity index (χ0v) is 11.2. The van der Waals surface area contributed by atoms with E-state index >= 15 is 0 Å². The highest BCUT2D eigenvalue weighted by Crippen LogP contribution is 2.23. The summed E-state index contributed by atoms with van der Waals surface area (Å²) in [6, 6.07) is 5.80. The number of halogens is 1. The molecule has 0 fully saturated rings. The van der Waals surface area contributed by atoms with Crippen LogP contribution in [0.5, 0.6) is 5.75 Å². The SMILES string of the molecule is COc1ccc(Nc2ncc(Br)cn2)c(C)c1. The third kappa shape index (κ3) is 2.94. The zero-order chi connectivity index (χ0) is 12.3. The van der Waals surface area contributed by atoms with E-state index in [1.165, 1.54) is 0 Å². The molecule has 0 amide bonds. The van der Waals surface area contributed by atoms with Gasteiger partial charge in [0, 0.05) is 18.1 Å². The fourth-order valence-electron chi connectivity index (χ4n) is 1.40. The molecule has 1 heterocycles. The second kappa shape index (κ2) is 5.14. The van der Waals surface area contributed by atoms with Gasteiger partial charge in [0.1, 0.15) is 5.75 Å². The molecule has 0 saturated carbocycles. The number of rotatable bonds is 3. The summed E-state index contributed by atoms with van der Waals surface area (Å²) in [5, 5.41) is 3.15. The summed E-state index contributed by atoms with van der Waals surface area (Å²) < 4.78 is 6.01. The Morgan fingerprint density at radius 3 is 2.53 bits per heavy atom. The van der Waals surface area contributed by atoms with Crippen molar-refractivity contribution in [1.29, 1.82) is 0 Å². The van der Waals surface area contributed by atoms with E-state index in [0.717, 1.165) is 21.5 Å².